The van der Waals surface area contributed by atoms with Crippen LogP contribution in [0.25, 0.3) is 0 Å². The van der Waals surface area contributed by atoms with Crippen molar-refractivity contribution in [3.63, 3.8) is 0 Å². The first-order chi connectivity index (χ1) is 10.1. The van der Waals surface area contributed by atoms with E-state index in [-0.39, 0.29) is 12.0 Å². The molecule has 1 saturated carbocycles. The second-order valence-corrected chi connectivity index (χ2v) is 6.09. The van der Waals surface area contributed by atoms with E-state index in [9.17, 15) is 4.79 Å². The Morgan fingerprint density at radius 1 is 1.33 bits per heavy atom. The summed E-state index contributed by atoms with van der Waals surface area (Å²) in [6.07, 6.45) is 9.50. The lowest BCUT2D eigenvalue weighted by atomic mass is 9.87. The first-order valence-corrected chi connectivity index (χ1v) is 8.06. The maximum atomic E-state index is 12.0. The van der Waals surface area contributed by atoms with Crippen LogP contribution in [0.3, 0.4) is 0 Å². The average Bonchev–Trinajstić information content (AvgIpc) is 2.48. The molecule has 4 heteroatoms. The molecule has 21 heavy (non-hydrogen) atoms. The zero-order chi connectivity index (χ0) is 15.1. The van der Waals surface area contributed by atoms with Gasteiger partial charge in [-0.05, 0) is 38.3 Å². The lowest BCUT2D eigenvalue weighted by molar-refractivity contribution is 0.0945. The fraction of sp³-hybridized carbons (Fsp3) is 0.647. The zero-order valence-electron chi connectivity index (χ0n) is 13.1. The maximum Gasteiger partial charge on any atom is 0.269 e. The van der Waals surface area contributed by atoms with Crippen LogP contribution in [0, 0.1) is 5.92 Å². The summed E-state index contributed by atoms with van der Waals surface area (Å²) in [5.41, 5.74) is 0.453. The van der Waals surface area contributed by atoms with E-state index >= 15 is 0 Å². The third-order valence-electron chi connectivity index (χ3n) is 3.90. The van der Waals surface area contributed by atoms with Gasteiger partial charge in [0.2, 0.25) is 0 Å². The third kappa shape index (κ3) is 5.37. The minimum Gasteiger partial charge on any atom is -0.489 e. The fourth-order valence-electron chi connectivity index (χ4n) is 2.81. The van der Waals surface area contributed by atoms with Crippen molar-refractivity contribution >= 4 is 5.91 Å². The van der Waals surface area contributed by atoms with E-state index in [0.29, 0.717) is 11.4 Å². The van der Waals surface area contributed by atoms with Crippen molar-refractivity contribution in [2.45, 2.75) is 58.5 Å². The highest BCUT2D eigenvalue weighted by Crippen LogP contribution is 2.25. The van der Waals surface area contributed by atoms with Gasteiger partial charge in [-0.25, -0.2) is 4.98 Å². The molecule has 1 aromatic rings. The van der Waals surface area contributed by atoms with Crippen LogP contribution in [0.15, 0.2) is 18.3 Å². The van der Waals surface area contributed by atoms with Crippen molar-refractivity contribution in [3.8, 4) is 5.75 Å². The summed E-state index contributed by atoms with van der Waals surface area (Å²) in [6, 6.07) is 3.51. The molecule has 1 N–H and O–H groups in total. The van der Waals surface area contributed by atoms with E-state index in [1.54, 1.807) is 18.3 Å². The second-order valence-electron chi connectivity index (χ2n) is 6.09. The van der Waals surface area contributed by atoms with Crippen molar-refractivity contribution in [2.24, 2.45) is 5.92 Å². The number of nitrogens with zero attached hydrogens (tertiary/aromatic N) is 1. The van der Waals surface area contributed by atoms with Gasteiger partial charge in [0.15, 0.2) is 0 Å². The van der Waals surface area contributed by atoms with E-state index in [1.807, 2.05) is 13.8 Å². The average molecular weight is 290 g/mol. The molecule has 1 aliphatic carbocycles. The minimum absolute atomic E-state index is 0.0955. The number of aromatic nitrogens is 1. The van der Waals surface area contributed by atoms with E-state index < -0.39 is 0 Å². The minimum atomic E-state index is -0.0955. The van der Waals surface area contributed by atoms with Gasteiger partial charge < -0.3 is 10.1 Å². The molecule has 4 nitrogen and oxygen atoms in total. The van der Waals surface area contributed by atoms with Crippen molar-refractivity contribution < 1.29 is 9.53 Å². The smallest absolute Gasteiger partial charge is 0.269 e. The fourth-order valence-corrected chi connectivity index (χ4v) is 2.81. The monoisotopic (exact) mass is 290 g/mol. The van der Waals surface area contributed by atoms with Crippen molar-refractivity contribution in [1.82, 2.24) is 10.3 Å². The van der Waals surface area contributed by atoms with E-state index in [1.165, 1.54) is 32.1 Å². The highest BCUT2D eigenvalue weighted by atomic mass is 16.5. The van der Waals surface area contributed by atoms with Crippen LogP contribution in [0.2, 0.25) is 0 Å². The number of carbonyl (C=O) groups excluding carboxylic acids is 1. The number of hydrogen-bond donors (Lipinski definition) is 1. The number of carbonyl (C=O) groups is 1. The third-order valence-corrected chi connectivity index (χ3v) is 3.90. The van der Waals surface area contributed by atoms with Crippen LogP contribution in [0.5, 0.6) is 5.75 Å². The van der Waals surface area contributed by atoms with Crippen molar-refractivity contribution in [2.75, 3.05) is 6.54 Å². The molecule has 1 aliphatic rings. The standard InChI is InChI=1S/C17H26N2O2/c1-13(2)21-15-8-9-16(19-12-15)17(20)18-11-10-14-6-4-3-5-7-14/h8-9,12-14H,3-7,10-11H2,1-2H3,(H,18,20). The zero-order valence-corrected chi connectivity index (χ0v) is 13.1. The molecular formula is C17H26N2O2. The van der Waals surface area contributed by atoms with E-state index in [0.717, 1.165) is 18.9 Å². The number of nitrogens with one attached hydrogen (secondary N) is 1. The molecule has 0 atom stereocenters. The van der Waals surface area contributed by atoms with Crippen LogP contribution in [-0.4, -0.2) is 23.5 Å². The molecule has 0 saturated heterocycles. The van der Waals surface area contributed by atoms with Gasteiger partial charge in [-0.2, -0.15) is 0 Å². The molecule has 1 aromatic heterocycles. The largest absolute Gasteiger partial charge is 0.489 e. The molecule has 1 fully saturated rings. The first-order valence-electron chi connectivity index (χ1n) is 8.06. The van der Waals surface area contributed by atoms with Crippen LogP contribution >= 0.6 is 0 Å². The highest BCUT2D eigenvalue weighted by molar-refractivity contribution is 5.92. The Labute approximate surface area is 127 Å². The van der Waals surface area contributed by atoms with Gasteiger partial charge in [-0.15, -0.1) is 0 Å². The molecule has 1 heterocycles. The number of ether oxygens (including phenoxy) is 1. The van der Waals surface area contributed by atoms with Crippen LogP contribution in [0.4, 0.5) is 0 Å². The summed E-state index contributed by atoms with van der Waals surface area (Å²) in [7, 11) is 0. The predicted molar refractivity (Wildman–Crippen MR) is 83.5 cm³/mol. The summed E-state index contributed by atoms with van der Waals surface area (Å²) in [6.45, 7) is 4.67. The lowest BCUT2D eigenvalue weighted by Crippen LogP contribution is -2.27. The predicted octanol–water partition coefficient (Wildman–Crippen LogP) is 3.57. The summed E-state index contributed by atoms with van der Waals surface area (Å²) < 4.78 is 5.52. The molecule has 0 spiro atoms. The quantitative estimate of drug-likeness (QED) is 0.871. The Hall–Kier alpha value is -1.58. The summed E-state index contributed by atoms with van der Waals surface area (Å²) in [5, 5.41) is 2.96. The normalized spacial score (nSPS) is 16.0. The van der Waals surface area contributed by atoms with Gasteiger partial charge >= 0.3 is 0 Å². The lowest BCUT2D eigenvalue weighted by Gasteiger charge is -2.21. The van der Waals surface area contributed by atoms with Crippen LogP contribution in [0.1, 0.15) is 62.9 Å². The van der Waals surface area contributed by atoms with Crippen LogP contribution in [-0.2, 0) is 0 Å². The molecule has 116 valence electrons. The Bertz CT molecular complexity index is 437. The number of rotatable bonds is 6. The Morgan fingerprint density at radius 3 is 2.71 bits per heavy atom. The molecule has 0 bridgehead atoms. The van der Waals surface area contributed by atoms with Gasteiger partial charge in [-0.3, -0.25) is 4.79 Å². The summed E-state index contributed by atoms with van der Waals surface area (Å²) in [5.74, 6) is 1.39. The van der Waals surface area contributed by atoms with Crippen LogP contribution < -0.4 is 10.1 Å². The Balaban J connectivity index is 1.74. The van der Waals surface area contributed by atoms with E-state index in [2.05, 4.69) is 10.3 Å². The number of pyridine rings is 1. The Kier molecular flexibility index (Phi) is 6.03. The van der Waals surface area contributed by atoms with Gasteiger partial charge in [0.1, 0.15) is 11.4 Å². The van der Waals surface area contributed by atoms with Crippen molar-refractivity contribution in [3.05, 3.63) is 24.0 Å². The summed E-state index contributed by atoms with van der Waals surface area (Å²) >= 11 is 0. The molecule has 0 unspecified atom stereocenters. The molecule has 2 rings (SSSR count). The molecule has 0 radical (unpaired) electrons. The molecule has 0 aromatic carbocycles. The summed E-state index contributed by atoms with van der Waals surface area (Å²) in [4.78, 5) is 16.2. The molecule has 1 amide bonds. The maximum absolute atomic E-state index is 12.0. The Morgan fingerprint density at radius 2 is 2.10 bits per heavy atom. The van der Waals surface area contributed by atoms with Gasteiger partial charge in [0, 0.05) is 6.54 Å². The highest BCUT2D eigenvalue weighted by Gasteiger charge is 2.14. The SMILES string of the molecule is CC(C)Oc1ccc(C(=O)NCCC2CCCCC2)nc1. The second kappa shape index (κ2) is 8.01. The number of amides is 1. The molecular weight excluding hydrogens is 264 g/mol. The van der Waals surface area contributed by atoms with Gasteiger partial charge in [0.25, 0.3) is 5.91 Å². The first kappa shape index (κ1) is 15.8. The van der Waals surface area contributed by atoms with Crippen molar-refractivity contribution in [1.29, 1.82) is 0 Å². The van der Waals surface area contributed by atoms with E-state index in [4.69, 9.17) is 4.74 Å². The molecule has 0 aliphatic heterocycles. The topological polar surface area (TPSA) is 51.2 Å². The van der Waals surface area contributed by atoms with Gasteiger partial charge in [-0.1, -0.05) is 32.1 Å². The van der Waals surface area contributed by atoms with Gasteiger partial charge in [0.05, 0.1) is 12.3 Å². The number of hydrogen-bond acceptors (Lipinski definition) is 3.